The van der Waals surface area contributed by atoms with E-state index in [0.29, 0.717) is 0 Å². The molecule has 0 saturated heterocycles. The maximum atomic E-state index is 12.9. The standard InChI is InChI=1S/C12H17BrFNO/c1-9(15-6-2-3-7-16)11-5-4-10(14)8-12(11)13/h4-5,8-9,15-16H,2-3,6-7H2,1H3. The molecule has 0 heterocycles. The third kappa shape index (κ3) is 4.20. The molecule has 0 aliphatic heterocycles. The smallest absolute Gasteiger partial charge is 0.124 e. The van der Waals surface area contributed by atoms with Crippen LogP contribution in [0.3, 0.4) is 0 Å². The highest BCUT2D eigenvalue weighted by Crippen LogP contribution is 2.23. The molecule has 4 heteroatoms. The first-order chi connectivity index (χ1) is 7.65. The summed E-state index contributed by atoms with van der Waals surface area (Å²) in [6.45, 7) is 3.12. The van der Waals surface area contributed by atoms with Gasteiger partial charge in [-0.1, -0.05) is 22.0 Å². The first-order valence-corrected chi connectivity index (χ1v) is 6.23. The van der Waals surface area contributed by atoms with Gasteiger partial charge in [0, 0.05) is 17.1 Å². The van der Waals surface area contributed by atoms with Crippen LogP contribution in [0.25, 0.3) is 0 Å². The summed E-state index contributed by atoms with van der Waals surface area (Å²) in [7, 11) is 0. The molecule has 0 saturated carbocycles. The zero-order valence-corrected chi connectivity index (χ0v) is 10.9. The number of halogens is 2. The normalized spacial score (nSPS) is 12.8. The second-order valence-electron chi connectivity index (χ2n) is 3.77. The second kappa shape index (κ2) is 6.99. The fraction of sp³-hybridized carbons (Fsp3) is 0.500. The van der Waals surface area contributed by atoms with Crippen LogP contribution in [-0.2, 0) is 0 Å². The molecule has 0 amide bonds. The summed E-state index contributed by atoms with van der Waals surface area (Å²) < 4.78 is 13.7. The molecule has 90 valence electrons. The Kier molecular flexibility index (Phi) is 5.95. The van der Waals surface area contributed by atoms with Gasteiger partial charge in [0.05, 0.1) is 0 Å². The fourth-order valence-corrected chi connectivity index (χ4v) is 2.21. The number of rotatable bonds is 6. The number of hydrogen-bond donors (Lipinski definition) is 2. The van der Waals surface area contributed by atoms with Crippen LogP contribution < -0.4 is 5.32 Å². The van der Waals surface area contributed by atoms with E-state index in [1.165, 1.54) is 12.1 Å². The molecule has 0 aliphatic rings. The van der Waals surface area contributed by atoms with Crippen molar-refractivity contribution in [1.29, 1.82) is 0 Å². The number of aliphatic hydroxyl groups excluding tert-OH is 1. The van der Waals surface area contributed by atoms with Gasteiger partial charge in [0.15, 0.2) is 0 Å². The molecule has 1 atom stereocenters. The van der Waals surface area contributed by atoms with Gasteiger partial charge >= 0.3 is 0 Å². The summed E-state index contributed by atoms with van der Waals surface area (Å²) in [5, 5.41) is 12.0. The van der Waals surface area contributed by atoms with Gasteiger partial charge in [-0.15, -0.1) is 0 Å². The van der Waals surface area contributed by atoms with E-state index in [1.807, 2.05) is 6.92 Å². The number of benzene rings is 1. The summed E-state index contributed by atoms with van der Waals surface area (Å²) in [4.78, 5) is 0. The van der Waals surface area contributed by atoms with E-state index in [-0.39, 0.29) is 18.5 Å². The van der Waals surface area contributed by atoms with Gasteiger partial charge in [-0.25, -0.2) is 4.39 Å². The highest BCUT2D eigenvalue weighted by Gasteiger charge is 2.08. The first-order valence-electron chi connectivity index (χ1n) is 5.44. The molecule has 1 aromatic rings. The van der Waals surface area contributed by atoms with Crippen molar-refractivity contribution >= 4 is 15.9 Å². The molecule has 0 spiro atoms. The highest BCUT2D eigenvalue weighted by molar-refractivity contribution is 9.10. The van der Waals surface area contributed by atoms with Gasteiger partial charge in [0.25, 0.3) is 0 Å². The topological polar surface area (TPSA) is 32.3 Å². The molecule has 0 fully saturated rings. The Balaban J connectivity index is 2.49. The van der Waals surface area contributed by atoms with E-state index < -0.39 is 0 Å². The summed E-state index contributed by atoms with van der Waals surface area (Å²) in [6.07, 6.45) is 1.75. The molecule has 2 nitrogen and oxygen atoms in total. The van der Waals surface area contributed by atoms with Crippen molar-refractivity contribution < 1.29 is 9.50 Å². The van der Waals surface area contributed by atoms with Crippen LogP contribution >= 0.6 is 15.9 Å². The van der Waals surface area contributed by atoms with Gasteiger partial charge in [0.2, 0.25) is 0 Å². The number of aliphatic hydroxyl groups is 1. The van der Waals surface area contributed by atoms with Crippen molar-refractivity contribution in [3.05, 3.63) is 34.1 Å². The Morgan fingerprint density at radius 1 is 1.44 bits per heavy atom. The Bertz CT molecular complexity index is 333. The molecule has 0 bridgehead atoms. The SMILES string of the molecule is CC(NCCCCO)c1ccc(F)cc1Br. The quantitative estimate of drug-likeness (QED) is 0.789. The lowest BCUT2D eigenvalue weighted by Gasteiger charge is -2.15. The average molecular weight is 290 g/mol. The minimum Gasteiger partial charge on any atom is -0.396 e. The molecule has 1 rings (SSSR count). The van der Waals surface area contributed by atoms with Crippen molar-refractivity contribution in [3.8, 4) is 0 Å². The molecule has 2 N–H and O–H groups in total. The van der Waals surface area contributed by atoms with E-state index in [1.54, 1.807) is 6.07 Å². The van der Waals surface area contributed by atoms with Crippen molar-refractivity contribution in [1.82, 2.24) is 5.32 Å². The van der Waals surface area contributed by atoms with E-state index in [4.69, 9.17) is 5.11 Å². The minimum atomic E-state index is -0.233. The zero-order valence-electron chi connectivity index (χ0n) is 9.34. The van der Waals surface area contributed by atoms with Gasteiger partial charge in [-0.05, 0) is 44.0 Å². The zero-order chi connectivity index (χ0) is 12.0. The van der Waals surface area contributed by atoms with Crippen LogP contribution in [0.1, 0.15) is 31.4 Å². The fourth-order valence-electron chi connectivity index (χ4n) is 1.52. The molecular formula is C12H17BrFNO. The largest absolute Gasteiger partial charge is 0.396 e. The summed E-state index contributed by atoms with van der Waals surface area (Å²) in [5.41, 5.74) is 1.05. The van der Waals surface area contributed by atoms with Crippen molar-refractivity contribution in [2.75, 3.05) is 13.2 Å². The minimum absolute atomic E-state index is 0.175. The summed E-state index contributed by atoms with van der Waals surface area (Å²) in [5.74, 6) is -0.233. The van der Waals surface area contributed by atoms with Crippen LogP contribution in [-0.4, -0.2) is 18.3 Å². The molecule has 0 aliphatic carbocycles. The Hall–Kier alpha value is -0.450. The number of hydrogen-bond acceptors (Lipinski definition) is 2. The van der Waals surface area contributed by atoms with Crippen LogP contribution in [0.4, 0.5) is 4.39 Å². The average Bonchev–Trinajstić information content (AvgIpc) is 2.24. The lowest BCUT2D eigenvalue weighted by atomic mass is 10.1. The lowest BCUT2D eigenvalue weighted by molar-refractivity contribution is 0.283. The third-order valence-corrected chi connectivity index (χ3v) is 3.15. The maximum Gasteiger partial charge on any atom is 0.124 e. The van der Waals surface area contributed by atoms with Crippen LogP contribution in [0, 0.1) is 5.82 Å². The van der Waals surface area contributed by atoms with Gasteiger partial charge in [-0.2, -0.15) is 0 Å². The highest BCUT2D eigenvalue weighted by atomic mass is 79.9. The van der Waals surface area contributed by atoms with E-state index in [2.05, 4.69) is 21.2 Å². The number of nitrogens with one attached hydrogen (secondary N) is 1. The van der Waals surface area contributed by atoms with Gasteiger partial charge in [-0.3, -0.25) is 0 Å². The lowest BCUT2D eigenvalue weighted by Crippen LogP contribution is -2.20. The van der Waals surface area contributed by atoms with Crippen LogP contribution in [0.15, 0.2) is 22.7 Å². The molecule has 1 aromatic carbocycles. The Morgan fingerprint density at radius 3 is 2.81 bits per heavy atom. The number of unbranched alkanes of at least 4 members (excludes halogenated alkanes) is 1. The maximum absolute atomic E-state index is 12.9. The van der Waals surface area contributed by atoms with Crippen molar-refractivity contribution in [2.45, 2.75) is 25.8 Å². The first kappa shape index (κ1) is 13.6. The summed E-state index contributed by atoms with van der Waals surface area (Å²) in [6, 6.07) is 4.89. The van der Waals surface area contributed by atoms with Crippen LogP contribution in [0.5, 0.6) is 0 Å². The Labute approximate surface area is 104 Å². The molecule has 16 heavy (non-hydrogen) atoms. The van der Waals surface area contributed by atoms with Crippen LogP contribution in [0.2, 0.25) is 0 Å². The predicted molar refractivity (Wildman–Crippen MR) is 66.8 cm³/mol. The monoisotopic (exact) mass is 289 g/mol. The second-order valence-corrected chi connectivity index (χ2v) is 4.63. The van der Waals surface area contributed by atoms with E-state index in [0.717, 1.165) is 29.4 Å². The molecule has 0 radical (unpaired) electrons. The molecular weight excluding hydrogens is 273 g/mol. The third-order valence-electron chi connectivity index (χ3n) is 2.46. The van der Waals surface area contributed by atoms with Crippen molar-refractivity contribution in [3.63, 3.8) is 0 Å². The van der Waals surface area contributed by atoms with Gasteiger partial charge in [0.1, 0.15) is 5.82 Å². The molecule has 0 aromatic heterocycles. The summed E-state index contributed by atoms with van der Waals surface area (Å²) >= 11 is 3.35. The van der Waals surface area contributed by atoms with Gasteiger partial charge < -0.3 is 10.4 Å². The predicted octanol–water partition coefficient (Wildman–Crippen LogP) is 3.01. The molecule has 1 unspecified atom stereocenters. The van der Waals surface area contributed by atoms with Crippen molar-refractivity contribution in [2.24, 2.45) is 0 Å². The van der Waals surface area contributed by atoms with E-state index >= 15 is 0 Å². The van der Waals surface area contributed by atoms with E-state index in [9.17, 15) is 4.39 Å². The Morgan fingerprint density at radius 2 is 2.19 bits per heavy atom.